The number of aliphatic hydroxyl groups is 1. The fourth-order valence-corrected chi connectivity index (χ4v) is 1.20. The van der Waals surface area contributed by atoms with Crippen molar-refractivity contribution in [2.45, 2.75) is 13.3 Å². The van der Waals surface area contributed by atoms with Gasteiger partial charge in [-0.1, -0.05) is 6.92 Å². The molecule has 54 valence electrons. The van der Waals surface area contributed by atoms with E-state index in [0.29, 0.717) is 5.92 Å². The molecular weight excluding hydrogens is 114 g/mol. The molecule has 2 unspecified atom stereocenters. The SMILES string of the molecule is [2H]C(C)(CO)C1CCNC1. The van der Waals surface area contributed by atoms with Gasteiger partial charge in [0.05, 0.1) is 0 Å². The van der Waals surface area contributed by atoms with Crippen LogP contribution in [0.5, 0.6) is 0 Å². The molecule has 1 rings (SSSR count). The minimum atomic E-state index is -0.635. The van der Waals surface area contributed by atoms with E-state index in [9.17, 15) is 0 Å². The smallest absolute Gasteiger partial charge is 0.0459 e. The third-order valence-electron chi connectivity index (χ3n) is 2.01. The van der Waals surface area contributed by atoms with Crippen LogP contribution in [-0.4, -0.2) is 24.8 Å². The second kappa shape index (κ2) is 3.18. The van der Waals surface area contributed by atoms with Crippen LogP contribution in [0.15, 0.2) is 0 Å². The molecule has 2 nitrogen and oxygen atoms in total. The molecule has 2 heteroatoms. The van der Waals surface area contributed by atoms with Gasteiger partial charge in [-0.25, -0.2) is 0 Å². The molecule has 1 aliphatic rings. The first-order valence-corrected chi connectivity index (χ1v) is 3.48. The summed E-state index contributed by atoms with van der Waals surface area (Å²) in [6.07, 6.45) is 1.03. The van der Waals surface area contributed by atoms with Gasteiger partial charge in [-0.2, -0.15) is 0 Å². The minimum Gasteiger partial charge on any atom is -0.396 e. The van der Waals surface area contributed by atoms with Crippen LogP contribution in [0.3, 0.4) is 0 Å². The van der Waals surface area contributed by atoms with E-state index in [2.05, 4.69) is 5.32 Å². The summed E-state index contributed by atoms with van der Waals surface area (Å²) >= 11 is 0. The van der Waals surface area contributed by atoms with E-state index >= 15 is 0 Å². The highest BCUT2D eigenvalue weighted by Crippen LogP contribution is 2.17. The van der Waals surface area contributed by atoms with Gasteiger partial charge >= 0.3 is 0 Å². The lowest BCUT2D eigenvalue weighted by atomic mass is 9.94. The quantitative estimate of drug-likeness (QED) is 0.560. The topological polar surface area (TPSA) is 32.3 Å². The Balaban J connectivity index is 2.45. The third-order valence-corrected chi connectivity index (χ3v) is 2.01. The maximum absolute atomic E-state index is 8.84. The predicted octanol–water partition coefficient (Wildman–Crippen LogP) is 0.224. The second-order valence-corrected chi connectivity index (χ2v) is 2.69. The Morgan fingerprint density at radius 1 is 2.00 bits per heavy atom. The van der Waals surface area contributed by atoms with Crippen LogP contribution in [-0.2, 0) is 0 Å². The van der Waals surface area contributed by atoms with Crippen molar-refractivity contribution in [3.05, 3.63) is 0 Å². The highest BCUT2D eigenvalue weighted by atomic mass is 16.3. The van der Waals surface area contributed by atoms with Crippen LogP contribution in [0.1, 0.15) is 14.7 Å². The number of nitrogens with one attached hydrogen (secondary N) is 1. The Kier molecular flexibility index (Phi) is 2.01. The zero-order valence-electron chi connectivity index (χ0n) is 6.85. The van der Waals surface area contributed by atoms with Crippen molar-refractivity contribution < 1.29 is 6.48 Å². The fourth-order valence-electron chi connectivity index (χ4n) is 1.20. The lowest BCUT2D eigenvalue weighted by molar-refractivity contribution is 0.195. The first-order valence-electron chi connectivity index (χ1n) is 3.98. The standard InChI is InChI=1S/C7H15NO/c1-6(5-9)7-2-3-8-4-7/h6-9H,2-5H2,1H3/i6D. The van der Waals surface area contributed by atoms with E-state index in [0.717, 1.165) is 19.5 Å². The Labute approximate surface area is 57.7 Å². The molecule has 0 aromatic heterocycles. The molecule has 0 radical (unpaired) electrons. The molecule has 9 heavy (non-hydrogen) atoms. The van der Waals surface area contributed by atoms with E-state index in [1.807, 2.05) is 0 Å². The summed E-state index contributed by atoms with van der Waals surface area (Å²) in [6.45, 7) is 3.66. The highest BCUT2D eigenvalue weighted by molar-refractivity contribution is 4.74. The van der Waals surface area contributed by atoms with Crippen molar-refractivity contribution in [1.82, 2.24) is 5.32 Å². The van der Waals surface area contributed by atoms with E-state index in [4.69, 9.17) is 6.48 Å². The molecule has 0 aromatic rings. The van der Waals surface area contributed by atoms with Crippen molar-refractivity contribution in [3.63, 3.8) is 0 Å². The summed E-state index contributed by atoms with van der Waals surface area (Å²) in [7, 11) is 0. The number of hydrogen-bond donors (Lipinski definition) is 2. The van der Waals surface area contributed by atoms with Gasteiger partial charge in [-0.05, 0) is 31.3 Å². The van der Waals surface area contributed by atoms with E-state index in [1.54, 1.807) is 6.92 Å². The molecular formula is C7H15NO. The van der Waals surface area contributed by atoms with Gasteiger partial charge in [-0.3, -0.25) is 0 Å². The summed E-state index contributed by atoms with van der Waals surface area (Å²) in [5.41, 5.74) is 0. The van der Waals surface area contributed by atoms with Gasteiger partial charge in [0.15, 0.2) is 0 Å². The summed E-state index contributed by atoms with van der Waals surface area (Å²) in [4.78, 5) is 0. The van der Waals surface area contributed by atoms with E-state index in [1.165, 1.54) is 0 Å². The zero-order valence-corrected chi connectivity index (χ0v) is 5.85. The summed E-state index contributed by atoms with van der Waals surface area (Å²) in [5.74, 6) is -0.304. The molecule has 0 aliphatic carbocycles. The van der Waals surface area contributed by atoms with Crippen molar-refractivity contribution in [3.8, 4) is 0 Å². The van der Waals surface area contributed by atoms with Crippen molar-refractivity contribution >= 4 is 0 Å². The predicted molar refractivity (Wildman–Crippen MR) is 37.2 cm³/mol. The third kappa shape index (κ3) is 1.66. The van der Waals surface area contributed by atoms with Crippen LogP contribution < -0.4 is 5.32 Å². The van der Waals surface area contributed by atoms with E-state index in [-0.39, 0.29) is 6.61 Å². The van der Waals surface area contributed by atoms with Gasteiger partial charge in [0, 0.05) is 7.98 Å². The molecule has 1 fully saturated rings. The average Bonchev–Trinajstić information content (AvgIpc) is 2.38. The van der Waals surface area contributed by atoms with Crippen LogP contribution >= 0.6 is 0 Å². The van der Waals surface area contributed by atoms with Gasteiger partial charge in [0.2, 0.25) is 0 Å². The lowest BCUT2D eigenvalue weighted by Gasteiger charge is -2.13. The number of rotatable bonds is 2. The van der Waals surface area contributed by atoms with Crippen LogP contribution in [0, 0.1) is 11.8 Å². The summed E-state index contributed by atoms with van der Waals surface area (Å²) < 4.78 is 7.68. The lowest BCUT2D eigenvalue weighted by Crippen LogP contribution is -2.17. The van der Waals surface area contributed by atoms with Gasteiger partial charge < -0.3 is 10.4 Å². The average molecular weight is 130 g/mol. The maximum atomic E-state index is 8.84. The van der Waals surface area contributed by atoms with Crippen molar-refractivity contribution in [2.75, 3.05) is 19.7 Å². The van der Waals surface area contributed by atoms with E-state index < -0.39 is 5.89 Å². The largest absolute Gasteiger partial charge is 0.396 e. The molecule has 0 amide bonds. The first-order chi connectivity index (χ1) is 4.67. The maximum Gasteiger partial charge on any atom is 0.0459 e. The van der Waals surface area contributed by atoms with Crippen molar-refractivity contribution in [1.29, 1.82) is 0 Å². The Hall–Kier alpha value is -0.0800. The minimum absolute atomic E-state index is 0.0284. The Bertz CT molecular complexity index is 110. The molecule has 2 N–H and O–H groups in total. The molecule has 1 saturated heterocycles. The molecule has 1 heterocycles. The fraction of sp³-hybridized carbons (Fsp3) is 1.00. The van der Waals surface area contributed by atoms with Crippen LogP contribution in [0.25, 0.3) is 0 Å². The summed E-state index contributed by atoms with van der Waals surface area (Å²) in [5, 5.41) is 12.0. The van der Waals surface area contributed by atoms with Crippen molar-refractivity contribution in [2.24, 2.45) is 11.8 Å². The molecule has 1 aliphatic heterocycles. The molecule has 0 aromatic carbocycles. The number of hydrogen-bond acceptors (Lipinski definition) is 2. The molecule has 0 bridgehead atoms. The molecule has 0 saturated carbocycles. The second-order valence-electron chi connectivity index (χ2n) is 2.69. The number of aliphatic hydroxyl groups excluding tert-OH is 1. The monoisotopic (exact) mass is 130 g/mol. The van der Waals surface area contributed by atoms with Crippen LogP contribution in [0.4, 0.5) is 0 Å². The van der Waals surface area contributed by atoms with Gasteiger partial charge in [0.25, 0.3) is 0 Å². The van der Waals surface area contributed by atoms with Gasteiger partial charge in [0.1, 0.15) is 0 Å². The van der Waals surface area contributed by atoms with Gasteiger partial charge in [-0.15, -0.1) is 0 Å². The Morgan fingerprint density at radius 2 is 2.78 bits per heavy atom. The Morgan fingerprint density at radius 3 is 3.22 bits per heavy atom. The molecule has 2 atom stereocenters. The van der Waals surface area contributed by atoms with Crippen LogP contribution in [0.2, 0.25) is 0 Å². The molecule has 0 spiro atoms. The first kappa shape index (κ1) is 5.69. The zero-order chi connectivity index (χ0) is 7.61. The normalized spacial score (nSPS) is 35.8. The summed E-state index contributed by atoms with van der Waals surface area (Å²) in [6, 6.07) is 0. The highest BCUT2D eigenvalue weighted by Gasteiger charge is 2.19.